The number of aryl methyl sites for hydroxylation is 1. The van der Waals surface area contributed by atoms with Crippen molar-refractivity contribution in [2.45, 2.75) is 37.5 Å². The van der Waals surface area contributed by atoms with Crippen molar-refractivity contribution >= 4 is 27.5 Å². The fraction of sp³-hybridized carbons (Fsp3) is 0.310. The quantitative estimate of drug-likeness (QED) is 0.438. The van der Waals surface area contributed by atoms with Gasteiger partial charge in [0.2, 0.25) is 21.8 Å². The molecule has 1 fully saturated rings. The molecule has 1 saturated heterocycles. The van der Waals surface area contributed by atoms with E-state index in [1.54, 1.807) is 36.4 Å². The maximum atomic E-state index is 13.4. The molecule has 3 aromatic rings. The minimum Gasteiger partial charge on any atom is -0.342 e. The number of nitrogens with zero attached hydrogens (tertiary/aromatic N) is 2. The van der Waals surface area contributed by atoms with Gasteiger partial charge in [-0.15, -0.1) is 0 Å². The molecular formula is C29H33N3O4S. The second-order valence-corrected chi connectivity index (χ2v) is 11.3. The van der Waals surface area contributed by atoms with E-state index in [2.05, 4.69) is 5.32 Å². The standard InChI is InChI=1S/C29H33N3O4S/c1-23-9-15-27(16-10-23)37(35,36)32(20-17-24-7-3-2-4-8-24)22-28(33)30-26-13-11-25(12-14-26)21-29(34)31-18-5-6-19-31/h2-4,7-16H,5-6,17-22H2,1H3,(H,30,33). The van der Waals surface area contributed by atoms with Gasteiger partial charge in [0, 0.05) is 25.3 Å². The summed E-state index contributed by atoms with van der Waals surface area (Å²) in [5.41, 5.74) is 3.38. The van der Waals surface area contributed by atoms with Crippen LogP contribution in [0, 0.1) is 6.92 Å². The number of hydrogen-bond donors (Lipinski definition) is 1. The normalized spacial score (nSPS) is 13.6. The van der Waals surface area contributed by atoms with Crippen LogP contribution in [0.4, 0.5) is 5.69 Å². The molecule has 4 rings (SSSR count). The number of benzene rings is 3. The highest BCUT2D eigenvalue weighted by Crippen LogP contribution is 2.18. The minimum atomic E-state index is -3.87. The zero-order valence-electron chi connectivity index (χ0n) is 21.1. The molecule has 0 unspecified atom stereocenters. The summed E-state index contributed by atoms with van der Waals surface area (Å²) in [5, 5.41) is 2.80. The van der Waals surface area contributed by atoms with Gasteiger partial charge in [-0.3, -0.25) is 9.59 Å². The van der Waals surface area contributed by atoms with Gasteiger partial charge >= 0.3 is 0 Å². The molecule has 1 N–H and O–H groups in total. The first-order chi connectivity index (χ1) is 17.8. The Morgan fingerprint density at radius 1 is 0.865 bits per heavy atom. The van der Waals surface area contributed by atoms with Crippen LogP contribution in [-0.2, 0) is 32.5 Å². The largest absolute Gasteiger partial charge is 0.342 e. The van der Waals surface area contributed by atoms with Gasteiger partial charge in [0.25, 0.3) is 0 Å². The van der Waals surface area contributed by atoms with E-state index in [1.165, 1.54) is 4.31 Å². The Hall–Kier alpha value is -3.49. The van der Waals surface area contributed by atoms with E-state index in [9.17, 15) is 18.0 Å². The van der Waals surface area contributed by atoms with Crippen molar-refractivity contribution in [3.8, 4) is 0 Å². The molecule has 2 amide bonds. The Labute approximate surface area is 219 Å². The second kappa shape index (κ2) is 12.2. The molecule has 7 nitrogen and oxygen atoms in total. The summed E-state index contributed by atoms with van der Waals surface area (Å²) in [6.07, 6.45) is 2.92. The predicted octanol–water partition coefficient (Wildman–Crippen LogP) is 4.03. The average Bonchev–Trinajstić information content (AvgIpc) is 3.44. The Balaban J connectivity index is 1.42. The fourth-order valence-corrected chi connectivity index (χ4v) is 5.76. The maximum Gasteiger partial charge on any atom is 0.243 e. The summed E-state index contributed by atoms with van der Waals surface area (Å²) in [7, 11) is -3.87. The number of sulfonamides is 1. The Bertz CT molecular complexity index is 1300. The van der Waals surface area contributed by atoms with Crippen LogP contribution in [-0.4, -0.2) is 55.6 Å². The summed E-state index contributed by atoms with van der Waals surface area (Å²) < 4.78 is 28.1. The van der Waals surface area contributed by atoms with Crippen molar-refractivity contribution in [2.75, 3.05) is 31.5 Å². The SMILES string of the molecule is Cc1ccc(S(=O)(=O)N(CCc2ccccc2)CC(=O)Nc2ccc(CC(=O)N3CCCC3)cc2)cc1. The lowest BCUT2D eigenvalue weighted by atomic mass is 10.1. The number of amides is 2. The third-order valence-corrected chi connectivity index (χ3v) is 8.38. The number of carbonyl (C=O) groups is 2. The number of rotatable bonds is 10. The number of hydrogen-bond acceptors (Lipinski definition) is 4. The third-order valence-electron chi connectivity index (χ3n) is 6.52. The Morgan fingerprint density at radius 3 is 2.16 bits per heavy atom. The third kappa shape index (κ3) is 7.27. The summed E-state index contributed by atoms with van der Waals surface area (Å²) in [4.78, 5) is 27.4. The molecule has 1 heterocycles. The lowest BCUT2D eigenvalue weighted by molar-refractivity contribution is -0.129. The number of likely N-dealkylation sites (tertiary alicyclic amines) is 1. The number of anilines is 1. The molecule has 194 valence electrons. The smallest absolute Gasteiger partial charge is 0.243 e. The van der Waals surface area contributed by atoms with E-state index < -0.39 is 15.9 Å². The Morgan fingerprint density at radius 2 is 1.51 bits per heavy atom. The number of carbonyl (C=O) groups excluding carboxylic acids is 2. The molecule has 1 aliphatic heterocycles. The van der Waals surface area contributed by atoms with Crippen molar-refractivity contribution in [1.82, 2.24) is 9.21 Å². The van der Waals surface area contributed by atoms with Crippen molar-refractivity contribution < 1.29 is 18.0 Å². The molecule has 0 spiro atoms. The highest BCUT2D eigenvalue weighted by molar-refractivity contribution is 7.89. The molecule has 0 saturated carbocycles. The average molecular weight is 520 g/mol. The van der Waals surface area contributed by atoms with Crippen LogP contribution in [0.1, 0.15) is 29.5 Å². The van der Waals surface area contributed by atoms with E-state index in [4.69, 9.17) is 0 Å². The first-order valence-corrected chi connectivity index (χ1v) is 14.0. The van der Waals surface area contributed by atoms with Crippen LogP contribution in [0.2, 0.25) is 0 Å². The topological polar surface area (TPSA) is 86.8 Å². The predicted molar refractivity (Wildman–Crippen MR) is 145 cm³/mol. The summed E-state index contributed by atoms with van der Waals surface area (Å²) in [6.45, 7) is 3.40. The Kier molecular flexibility index (Phi) is 8.74. The first-order valence-electron chi connectivity index (χ1n) is 12.6. The van der Waals surface area contributed by atoms with Gasteiger partial charge in [0.1, 0.15) is 0 Å². The van der Waals surface area contributed by atoms with Crippen LogP contribution in [0.5, 0.6) is 0 Å². The molecular weight excluding hydrogens is 486 g/mol. The van der Waals surface area contributed by atoms with Gasteiger partial charge in [0.05, 0.1) is 17.9 Å². The zero-order valence-corrected chi connectivity index (χ0v) is 21.9. The molecule has 0 bridgehead atoms. The highest BCUT2D eigenvalue weighted by Gasteiger charge is 2.26. The van der Waals surface area contributed by atoms with Crippen LogP contribution < -0.4 is 5.32 Å². The van der Waals surface area contributed by atoms with E-state index in [-0.39, 0.29) is 23.9 Å². The van der Waals surface area contributed by atoms with Gasteiger partial charge in [-0.1, -0.05) is 60.2 Å². The van der Waals surface area contributed by atoms with Crippen LogP contribution in [0.15, 0.2) is 83.8 Å². The molecule has 0 aliphatic carbocycles. The highest BCUT2D eigenvalue weighted by atomic mass is 32.2. The van der Waals surface area contributed by atoms with Crippen LogP contribution in [0.3, 0.4) is 0 Å². The molecule has 0 aromatic heterocycles. The van der Waals surface area contributed by atoms with Gasteiger partial charge in [0.15, 0.2) is 0 Å². The van der Waals surface area contributed by atoms with Gasteiger partial charge in [-0.2, -0.15) is 4.31 Å². The van der Waals surface area contributed by atoms with Gasteiger partial charge in [-0.05, 0) is 61.6 Å². The lowest BCUT2D eigenvalue weighted by Gasteiger charge is -2.22. The molecule has 3 aromatic carbocycles. The van der Waals surface area contributed by atoms with Crippen molar-refractivity contribution in [3.63, 3.8) is 0 Å². The van der Waals surface area contributed by atoms with Crippen LogP contribution >= 0.6 is 0 Å². The summed E-state index contributed by atoms with van der Waals surface area (Å²) in [6, 6.07) is 23.4. The van der Waals surface area contributed by atoms with Crippen molar-refractivity contribution in [1.29, 1.82) is 0 Å². The fourth-order valence-electron chi connectivity index (χ4n) is 4.36. The van der Waals surface area contributed by atoms with E-state index >= 15 is 0 Å². The second-order valence-electron chi connectivity index (χ2n) is 9.40. The monoisotopic (exact) mass is 519 g/mol. The zero-order chi connectivity index (χ0) is 26.3. The minimum absolute atomic E-state index is 0.115. The molecule has 37 heavy (non-hydrogen) atoms. The van der Waals surface area contributed by atoms with Gasteiger partial charge in [-0.25, -0.2) is 8.42 Å². The van der Waals surface area contributed by atoms with E-state index in [1.807, 2.05) is 54.3 Å². The van der Waals surface area contributed by atoms with E-state index in [0.29, 0.717) is 18.5 Å². The number of nitrogens with one attached hydrogen (secondary N) is 1. The van der Waals surface area contributed by atoms with Gasteiger partial charge < -0.3 is 10.2 Å². The molecule has 0 atom stereocenters. The van der Waals surface area contributed by atoms with E-state index in [0.717, 1.165) is 42.6 Å². The summed E-state index contributed by atoms with van der Waals surface area (Å²) in [5.74, 6) is -0.311. The molecule has 1 aliphatic rings. The lowest BCUT2D eigenvalue weighted by Crippen LogP contribution is -2.39. The maximum absolute atomic E-state index is 13.4. The van der Waals surface area contributed by atoms with Crippen molar-refractivity contribution in [2.24, 2.45) is 0 Å². The van der Waals surface area contributed by atoms with Crippen molar-refractivity contribution in [3.05, 3.63) is 95.6 Å². The summed E-state index contributed by atoms with van der Waals surface area (Å²) >= 11 is 0. The van der Waals surface area contributed by atoms with Crippen LogP contribution in [0.25, 0.3) is 0 Å². The first kappa shape index (κ1) is 26.6. The molecule has 0 radical (unpaired) electrons. The molecule has 8 heteroatoms.